The zero-order chi connectivity index (χ0) is 26.0. The minimum absolute atomic E-state index is 0.0264. The number of aryl methyl sites for hydroxylation is 2. The van der Waals surface area contributed by atoms with E-state index in [0.717, 1.165) is 54.5 Å². The van der Waals surface area contributed by atoms with E-state index in [-0.39, 0.29) is 11.7 Å². The second-order valence-electron chi connectivity index (χ2n) is 9.81. The van der Waals surface area contributed by atoms with Crippen LogP contribution < -0.4 is 9.80 Å². The van der Waals surface area contributed by atoms with E-state index in [4.69, 9.17) is 18.8 Å². The van der Waals surface area contributed by atoms with Crippen LogP contribution >= 0.6 is 12.2 Å². The van der Waals surface area contributed by atoms with Crippen LogP contribution in [-0.4, -0.2) is 27.3 Å². The molecular formula is C30H28N4O2S. The van der Waals surface area contributed by atoms with Gasteiger partial charge in [-0.3, -0.25) is 14.5 Å². The molecule has 1 saturated carbocycles. The SMILES string of the molecule is [C-]#[N+]c1ncc(N2C(=O)C3(CCC3)N(c3ccc(CCCC(=O)Cc4ccccc4)cc3)C2=S)cc1C. The van der Waals surface area contributed by atoms with E-state index in [1.165, 1.54) is 0 Å². The average Bonchev–Trinajstić information content (AvgIpc) is 3.11. The van der Waals surface area contributed by atoms with Crippen LogP contribution in [0.4, 0.5) is 17.2 Å². The molecule has 5 rings (SSSR count). The molecule has 7 heteroatoms. The lowest BCUT2D eigenvalue weighted by atomic mass is 9.75. The molecule has 0 N–H and O–H groups in total. The summed E-state index contributed by atoms with van der Waals surface area (Å²) in [5.41, 5.74) is 3.77. The predicted octanol–water partition coefficient (Wildman–Crippen LogP) is 6.14. The molecule has 0 atom stereocenters. The lowest BCUT2D eigenvalue weighted by Crippen LogP contribution is -2.55. The van der Waals surface area contributed by atoms with Gasteiger partial charge in [0.1, 0.15) is 17.5 Å². The Balaban J connectivity index is 1.28. The summed E-state index contributed by atoms with van der Waals surface area (Å²) >= 11 is 5.85. The third-order valence-corrected chi connectivity index (χ3v) is 7.72. The van der Waals surface area contributed by atoms with Crippen LogP contribution in [0.1, 0.15) is 48.8 Å². The van der Waals surface area contributed by atoms with Gasteiger partial charge in [0.05, 0.1) is 5.69 Å². The summed E-state index contributed by atoms with van der Waals surface area (Å²) in [4.78, 5) is 37.2. The molecule has 0 unspecified atom stereocenters. The minimum atomic E-state index is -0.658. The summed E-state index contributed by atoms with van der Waals surface area (Å²) in [6.45, 7) is 9.07. The largest absolute Gasteiger partial charge is 0.360 e. The fraction of sp³-hybridized carbons (Fsp3) is 0.300. The van der Waals surface area contributed by atoms with Crippen molar-refractivity contribution in [2.75, 3.05) is 9.80 Å². The fourth-order valence-electron chi connectivity index (χ4n) is 5.21. The van der Waals surface area contributed by atoms with Crippen molar-refractivity contribution in [3.05, 3.63) is 95.0 Å². The molecule has 0 bridgehead atoms. The van der Waals surface area contributed by atoms with Crippen molar-refractivity contribution in [3.8, 4) is 0 Å². The van der Waals surface area contributed by atoms with Crippen LogP contribution in [0.5, 0.6) is 0 Å². The van der Waals surface area contributed by atoms with Crippen molar-refractivity contribution >= 4 is 46.2 Å². The Morgan fingerprint density at radius 1 is 1.08 bits per heavy atom. The van der Waals surface area contributed by atoms with Crippen molar-refractivity contribution in [1.29, 1.82) is 0 Å². The number of hydrogen-bond donors (Lipinski definition) is 0. The zero-order valence-electron chi connectivity index (χ0n) is 20.8. The van der Waals surface area contributed by atoms with E-state index in [0.29, 0.717) is 29.5 Å². The van der Waals surface area contributed by atoms with Crippen molar-refractivity contribution < 1.29 is 9.59 Å². The quantitative estimate of drug-likeness (QED) is 0.270. The van der Waals surface area contributed by atoms with Crippen molar-refractivity contribution in [1.82, 2.24) is 4.98 Å². The van der Waals surface area contributed by atoms with Crippen LogP contribution in [0.2, 0.25) is 0 Å². The maximum absolute atomic E-state index is 13.6. The van der Waals surface area contributed by atoms with Gasteiger partial charge in [-0.1, -0.05) is 49.0 Å². The summed E-state index contributed by atoms with van der Waals surface area (Å²) < 4.78 is 0. The highest BCUT2D eigenvalue weighted by molar-refractivity contribution is 7.81. The molecular weight excluding hydrogens is 480 g/mol. The number of carbonyl (C=O) groups is 2. The lowest BCUT2D eigenvalue weighted by molar-refractivity contribution is -0.124. The number of rotatable bonds is 8. The first-order valence-electron chi connectivity index (χ1n) is 12.6. The second kappa shape index (κ2) is 10.2. The average molecular weight is 509 g/mol. The highest BCUT2D eigenvalue weighted by atomic mass is 32.1. The molecule has 1 spiro atoms. The Bertz CT molecular complexity index is 1390. The van der Waals surface area contributed by atoms with Crippen LogP contribution in [0.3, 0.4) is 0 Å². The second-order valence-corrected chi connectivity index (χ2v) is 10.2. The molecule has 1 amide bonds. The van der Waals surface area contributed by atoms with Crippen LogP contribution in [0.15, 0.2) is 66.9 Å². The van der Waals surface area contributed by atoms with E-state index in [1.807, 2.05) is 60.4 Å². The molecule has 2 fully saturated rings. The summed E-state index contributed by atoms with van der Waals surface area (Å²) in [6.07, 6.45) is 6.69. The first-order valence-corrected chi connectivity index (χ1v) is 13.0. The van der Waals surface area contributed by atoms with Gasteiger partial charge in [-0.2, -0.15) is 0 Å². The summed E-state index contributed by atoms with van der Waals surface area (Å²) in [6, 6.07) is 19.8. The number of benzene rings is 2. The lowest BCUT2D eigenvalue weighted by Gasteiger charge is -2.43. The van der Waals surface area contributed by atoms with Gasteiger partial charge >= 0.3 is 0 Å². The summed E-state index contributed by atoms with van der Waals surface area (Å²) in [5.74, 6) is 0.556. The van der Waals surface area contributed by atoms with Crippen LogP contribution in [0, 0.1) is 13.5 Å². The number of ketones is 1. The number of amides is 1. The highest BCUT2D eigenvalue weighted by Gasteiger charge is 2.59. The number of aromatic nitrogens is 1. The standard InChI is InChI=1S/C30H28N4O2S/c1-21-18-25(20-32-27(21)31-2)33-28(36)30(16-7-17-30)34(29(33)37)24-14-12-22(13-15-24)10-6-11-26(35)19-23-8-4-3-5-9-23/h3-5,8-9,12-15,18,20H,6-7,10-11,16-17,19H2,1H3. The van der Waals surface area contributed by atoms with Gasteiger partial charge in [0, 0.05) is 18.5 Å². The Morgan fingerprint density at radius 2 is 1.81 bits per heavy atom. The molecule has 2 aromatic carbocycles. The van der Waals surface area contributed by atoms with E-state index in [9.17, 15) is 9.59 Å². The van der Waals surface area contributed by atoms with Gasteiger partial charge in [-0.15, -0.1) is 4.98 Å². The van der Waals surface area contributed by atoms with Gasteiger partial charge in [0.15, 0.2) is 5.11 Å². The van der Waals surface area contributed by atoms with E-state index in [2.05, 4.69) is 22.0 Å². The van der Waals surface area contributed by atoms with Crippen molar-refractivity contribution in [3.63, 3.8) is 0 Å². The number of carbonyl (C=O) groups excluding carboxylic acids is 2. The van der Waals surface area contributed by atoms with Gasteiger partial charge in [0.25, 0.3) is 11.7 Å². The molecule has 37 heavy (non-hydrogen) atoms. The van der Waals surface area contributed by atoms with Crippen LogP contribution in [-0.2, 0) is 22.4 Å². The number of thiocarbonyl (C=S) groups is 1. The topological polar surface area (TPSA) is 57.9 Å². The minimum Gasteiger partial charge on any atom is -0.360 e. The highest BCUT2D eigenvalue weighted by Crippen LogP contribution is 2.47. The number of pyridine rings is 1. The maximum Gasteiger partial charge on any atom is 0.272 e. The number of hydrogen-bond acceptors (Lipinski definition) is 4. The molecule has 1 aromatic heterocycles. The fourth-order valence-corrected chi connectivity index (χ4v) is 5.68. The summed E-state index contributed by atoms with van der Waals surface area (Å²) in [7, 11) is 0. The molecule has 186 valence electrons. The molecule has 6 nitrogen and oxygen atoms in total. The zero-order valence-corrected chi connectivity index (χ0v) is 21.6. The number of anilines is 2. The van der Waals surface area contributed by atoms with Gasteiger partial charge in [0.2, 0.25) is 0 Å². The van der Waals surface area contributed by atoms with Gasteiger partial charge < -0.3 is 9.74 Å². The van der Waals surface area contributed by atoms with E-state index >= 15 is 0 Å². The third-order valence-electron chi connectivity index (χ3n) is 7.35. The molecule has 2 heterocycles. The first-order chi connectivity index (χ1) is 17.9. The Morgan fingerprint density at radius 3 is 2.43 bits per heavy atom. The predicted molar refractivity (Wildman–Crippen MR) is 149 cm³/mol. The van der Waals surface area contributed by atoms with Gasteiger partial charge in [-0.05, 0) is 86.1 Å². The van der Waals surface area contributed by atoms with E-state index < -0.39 is 5.54 Å². The monoisotopic (exact) mass is 508 g/mol. The normalized spacial score (nSPS) is 16.1. The number of Topliss-reactive ketones (excluding diaryl/α,β-unsaturated/α-hetero) is 1. The summed E-state index contributed by atoms with van der Waals surface area (Å²) in [5, 5.41) is 0.445. The molecule has 0 radical (unpaired) electrons. The molecule has 1 saturated heterocycles. The molecule has 1 aliphatic carbocycles. The Hall–Kier alpha value is -3.89. The number of nitrogens with zero attached hydrogens (tertiary/aromatic N) is 4. The molecule has 1 aliphatic heterocycles. The Kier molecular flexibility index (Phi) is 6.86. The first kappa shape index (κ1) is 24.8. The van der Waals surface area contributed by atoms with Gasteiger partial charge in [-0.25, -0.2) is 0 Å². The van der Waals surface area contributed by atoms with Crippen molar-refractivity contribution in [2.24, 2.45) is 0 Å². The van der Waals surface area contributed by atoms with E-state index in [1.54, 1.807) is 11.1 Å². The molecule has 2 aliphatic rings. The van der Waals surface area contributed by atoms with Crippen LogP contribution in [0.25, 0.3) is 4.85 Å². The maximum atomic E-state index is 13.6. The van der Waals surface area contributed by atoms with Crippen molar-refractivity contribution in [2.45, 2.75) is 57.4 Å². The Labute approximate surface area is 222 Å². The smallest absolute Gasteiger partial charge is 0.272 e. The molecule has 3 aromatic rings. The third kappa shape index (κ3) is 4.65.